The van der Waals surface area contributed by atoms with Gasteiger partial charge >= 0.3 is 0 Å². The fraction of sp³-hybridized carbons (Fsp3) is 1.00. The minimum absolute atomic E-state index is 0.113. The van der Waals surface area contributed by atoms with Crippen LogP contribution in [0.1, 0.15) is 93.9 Å². The zero-order valence-corrected chi connectivity index (χ0v) is 18.1. The summed E-state index contributed by atoms with van der Waals surface area (Å²) in [4.78, 5) is 10.7. The summed E-state index contributed by atoms with van der Waals surface area (Å²) in [5.41, 5.74) is 0.156. The van der Waals surface area contributed by atoms with Gasteiger partial charge in [-0.25, -0.2) is 9.78 Å². The summed E-state index contributed by atoms with van der Waals surface area (Å²) in [5, 5.41) is 0. The van der Waals surface area contributed by atoms with Crippen molar-refractivity contribution in [3.63, 3.8) is 0 Å². The molecular formula is C21H44O4. The van der Waals surface area contributed by atoms with Crippen LogP contribution < -0.4 is 0 Å². The summed E-state index contributed by atoms with van der Waals surface area (Å²) in [6.07, 6.45) is 6.42. The highest BCUT2D eigenvalue weighted by molar-refractivity contribution is 4.62. The maximum absolute atomic E-state index is 6.12. The van der Waals surface area contributed by atoms with Crippen molar-refractivity contribution in [1.29, 1.82) is 0 Å². The molecule has 0 aromatic rings. The molecule has 2 atom stereocenters. The molecule has 25 heavy (non-hydrogen) atoms. The molecule has 0 N–H and O–H groups in total. The molecule has 0 aliphatic carbocycles. The average Bonchev–Trinajstić information content (AvgIpc) is 2.53. The lowest BCUT2D eigenvalue weighted by Gasteiger charge is -2.28. The van der Waals surface area contributed by atoms with Gasteiger partial charge in [-0.3, -0.25) is 0 Å². The Morgan fingerprint density at radius 3 is 2.04 bits per heavy atom. The molecule has 0 bridgehead atoms. The topological polar surface area (TPSA) is 36.9 Å². The molecule has 0 spiro atoms. The van der Waals surface area contributed by atoms with E-state index in [1.807, 2.05) is 0 Å². The highest BCUT2D eigenvalue weighted by Crippen LogP contribution is 2.19. The van der Waals surface area contributed by atoms with E-state index in [9.17, 15) is 0 Å². The molecule has 152 valence electrons. The van der Waals surface area contributed by atoms with Gasteiger partial charge in [-0.2, -0.15) is 0 Å². The smallest absolute Gasteiger partial charge is 0.157 e. The Hall–Kier alpha value is -0.160. The summed E-state index contributed by atoms with van der Waals surface area (Å²) >= 11 is 0. The van der Waals surface area contributed by atoms with Crippen LogP contribution in [0.15, 0.2) is 0 Å². The average molecular weight is 361 g/mol. The summed E-state index contributed by atoms with van der Waals surface area (Å²) in [6, 6.07) is 0. The van der Waals surface area contributed by atoms with E-state index in [1.165, 1.54) is 0 Å². The lowest BCUT2D eigenvalue weighted by Crippen LogP contribution is -2.29. The molecule has 0 radical (unpaired) electrons. The number of ether oxygens (including phenoxy) is 2. The first-order valence-electron chi connectivity index (χ1n) is 10.2. The SMILES string of the molecule is CCC(CC)OOCCCCCC(OCC(C)(C)C)OC(C)C(C)C. The molecule has 0 fully saturated rings. The summed E-state index contributed by atoms with van der Waals surface area (Å²) in [5.74, 6) is 0.497. The Morgan fingerprint density at radius 1 is 0.880 bits per heavy atom. The Kier molecular flexibility index (Phi) is 13.9. The minimum atomic E-state index is -0.113. The first-order chi connectivity index (χ1) is 11.7. The molecule has 0 amide bonds. The van der Waals surface area contributed by atoms with Crippen molar-refractivity contribution >= 4 is 0 Å². The first-order valence-corrected chi connectivity index (χ1v) is 10.2. The molecule has 0 heterocycles. The van der Waals surface area contributed by atoms with Gasteiger partial charge in [-0.05, 0) is 50.4 Å². The van der Waals surface area contributed by atoms with Crippen molar-refractivity contribution in [2.24, 2.45) is 11.3 Å². The van der Waals surface area contributed by atoms with Gasteiger partial charge in [0.1, 0.15) is 0 Å². The number of unbranched alkanes of at least 4 members (excludes halogenated alkanes) is 2. The standard InChI is InChI=1S/C21H44O4/c1-9-19(10-2)25-23-15-13-11-12-14-20(22-16-21(6,7)8)24-18(5)17(3)4/h17-20H,9-16H2,1-8H3. The predicted octanol–water partition coefficient (Wildman–Crippen LogP) is 6.13. The molecule has 0 rings (SSSR count). The van der Waals surface area contributed by atoms with E-state index in [1.54, 1.807) is 0 Å². The van der Waals surface area contributed by atoms with E-state index in [0.717, 1.165) is 45.1 Å². The van der Waals surface area contributed by atoms with Gasteiger partial charge in [0.15, 0.2) is 6.29 Å². The lowest BCUT2D eigenvalue weighted by molar-refractivity contribution is -0.325. The van der Waals surface area contributed by atoms with E-state index in [2.05, 4.69) is 55.4 Å². The van der Waals surface area contributed by atoms with Gasteiger partial charge in [-0.15, -0.1) is 0 Å². The Bertz CT molecular complexity index is 295. The number of rotatable bonds is 15. The van der Waals surface area contributed by atoms with Crippen molar-refractivity contribution in [3.05, 3.63) is 0 Å². The molecule has 0 aliphatic heterocycles. The monoisotopic (exact) mass is 360 g/mol. The van der Waals surface area contributed by atoms with Crippen LogP contribution in [-0.2, 0) is 19.2 Å². The number of hydrogen-bond acceptors (Lipinski definition) is 4. The van der Waals surface area contributed by atoms with Crippen molar-refractivity contribution in [2.75, 3.05) is 13.2 Å². The minimum Gasteiger partial charge on any atom is -0.352 e. The summed E-state index contributed by atoms with van der Waals surface area (Å²) < 4.78 is 12.2. The third-order valence-corrected chi connectivity index (χ3v) is 4.29. The molecule has 4 heteroatoms. The molecule has 2 unspecified atom stereocenters. The molecule has 0 saturated carbocycles. The van der Waals surface area contributed by atoms with Crippen LogP contribution in [-0.4, -0.2) is 31.7 Å². The van der Waals surface area contributed by atoms with Crippen LogP contribution in [0.25, 0.3) is 0 Å². The Labute approximate surface area is 156 Å². The number of hydrogen-bond donors (Lipinski definition) is 0. The quantitative estimate of drug-likeness (QED) is 0.152. The van der Waals surface area contributed by atoms with Crippen molar-refractivity contribution < 1.29 is 19.2 Å². The van der Waals surface area contributed by atoms with E-state index < -0.39 is 0 Å². The molecule has 0 saturated heterocycles. The third kappa shape index (κ3) is 14.7. The maximum atomic E-state index is 6.12. The second kappa shape index (κ2) is 14.0. The lowest BCUT2D eigenvalue weighted by atomic mass is 9.99. The zero-order chi connectivity index (χ0) is 19.3. The van der Waals surface area contributed by atoms with Gasteiger partial charge in [0, 0.05) is 0 Å². The fourth-order valence-electron chi connectivity index (χ4n) is 2.15. The van der Waals surface area contributed by atoms with Crippen molar-refractivity contribution in [1.82, 2.24) is 0 Å². The highest BCUT2D eigenvalue weighted by atomic mass is 17.2. The molecule has 4 nitrogen and oxygen atoms in total. The second-order valence-corrected chi connectivity index (χ2v) is 8.59. The van der Waals surface area contributed by atoms with Gasteiger partial charge in [0.05, 0.1) is 25.4 Å². The normalized spacial score (nSPS) is 15.1. The molecule has 0 aromatic heterocycles. The highest BCUT2D eigenvalue weighted by Gasteiger charge is 2.19. The largest absolute Gasteiger partial charge is 0.352 e. The van der Waals surface area contributed by atoms with E-state index in [-0.39, 0.29) is 23.9 Å². The van der Waals surface area contributed by atoms with Crippen LogP contribution >= 0.6 is 0 Å². The van der Waals surface area contributed by atoms with Crippen LogP contribution in [0.3, 0.4) is 0 Å². The van der Waals surface area contributed by atoms with Gasteiger partial charge in [-0.1, -0.05) is 54.9 Å². The van der Waals surface area contributed by atoms with Gasteiger partial charge in [0.25, 0.3) is 0 Å². The van der Waals surface area contributed by atoms with Crippen molar-refractivity contribution in [3.8, 4) is 0 Å². The Balaban J connectivity index is 4.00. The second-order valence-electron chi connectivity index (χ2n) is 8.59. The van der Waals surface area contributed by atoms with E-state index in [0.29, 0.717) is 12.5 Å². The zero-order valence-electron chi connectivity index (χ0n) is 18.1. The van der Waals surface area contributed by atoms with Crippen LogP contribution in [0.4, 0.5) is 0 Å². The maximum Gasteiger partial charge on any atom is 0.157 e. The Morgan fingerprint density at radius 2 is 1.52 bits per heavy atom. The predicted molar refractivity (Wildman–Crippen MR) is 104 cm³/mol. The summed E-state index contributed by atoms with van der Waals surface area (Å²) in [7, 11) is 0. The van der Waals surface area contributed by atoms with E-state index in [4.69, 9.17) is 19.2 Å². The summed E-state index contributed by atoms with van der Waals surface area (Å²) in [6.45, 7) is 18.7. The molecular weight excluding hydrogens is 316 g/mol. The molecule has 0 aliphatic rings. The van der Waals surface area contributed by atoms with Crippen LogP contribution in [0.2, 0.25) is 0 Å². The van der Waals surface area contributed by atoms with Gasteiger partial charge in [0.2, 0.25) is 0 Å². The van der Waals surface area contributed by atoms with Gasteiger partial charge < -0.3 is 9.47 Å². The van der Waals surface area contributed by atoms with Crippen LogP contribution in [0.5, 0.6) is 0 Å². The fourth-order valence-corrected chi connectivity index (χ4v) is 2.15. The first kappa shape index (κ1) is 24.8. The van der Waals surface area contributed by atoms with Crippen molar-refractivity contribution in [2.45, 2.75) is 112 Å². The molecule has 0 aromatic carbocycles. The third-order valence-electron chi connectivity index (χ3n) is 4.29. The van der Waals surface area contributed by atoms with Crippen LogP contribution in [0, 0.1) is 11.3 Å². The van der Waals surface area contributed by atoms with E-state index >= 15 is 0 Å².